The lowest BCUT2D eigenvalue weighted by Gasteiger charge is -2.15. The van der Waals surface area contributed by atoms with Gasteiger partial charge in [-0.05, 0) is 53.6 Å². The molecule has 0 spiro atoms. The molecule has 2 aromatic carbocycles. The first kappa shape index (κ1) is 17.3. The number of ether oxygens (including phenoxy) is 1. The van der Waals surface area contributed by atoms with Crippen molar-refractivity contribution in [2.24, 2.45) is 0 Å². The van der Waals surface area contributed by atoms with Crippen molar-refractivity contribution in [1.29, 1.82) is 0 Å². The number of hydrogen-bond acceptors (Lipinski definition) is 3. The van der Waals surface area contributed by atoms with E-state index in [2.05, 4.69) is 31.3 Å². The first-order valence-corrected chi connectivity index (χ1v) is 8.87. The second-order valence-corrected chi connectivity index (χ2v) is 6.83. The van der Waals surface area contributed by atoms with E-state index in [-0.39, 0.29) is 11.9 Å². The first-order chi connectivity index (χ1) is 12.0. The summed E-state index contributed by atoms with van der Waals surface area (Å²) in [6.07, 6.45) is 1.94. The standard InChI is InChI=1S/C21H25NO3/c1-14(2)15-6-8-16(9-7-15)25-13-12-21(24)22-19-11-10-18-17(19)4-3-5-20(18)23/h3-9,14,19,23H,10-13H2,1-2H3,(H,22,24). The van der Waals surface area contributed by atoms with Crippen LogP contribution in [0.3, 0.4) is 0 Å². The summed E-state index contributed by atoms with van der Waals surface area (Å²) in [6.45, 7) is 4.66. The van der Waals surface area contributed by atoms with E-state index in [1.54, 1.807) is 6.07 Å². The van der Waals surface area contributed by atoms with Gasteiger partial charge in [0.25, 0.3) is 0 Å². The SMILES string of the molecule is CC(C)c1ccc(OCCC(=O)NC2CCc3c(O)cccc32)cc1. The normalized spacial score (nSPS) is 15.9. The molecule has 3 rings (SSSR count). The van der Waals surface area contributed by atoms with Crippen molar-refractivity contribution in [2.75, 3.05) is 6.61 Å². The summed E-state index contributed by atoms with van der Waals surface area (Å²) in [6, 6.07) is 13.5. The van der Waals surface area contributed by atoms with Crippen molar-refractivity contribution >= 4 is 5.91 Å². The summed E-state index contributed by atoms with van der Waals surface area (Å²) in [7, 11) is 0. The zero-order valence-corrected chi connectivity index (χ0v) is 14.8. The van der Waals surface area contributed by atoms with Crippen LogP contribution in [0.15, 0.2) is 42.5 Å². The van der Waals surface area contributed by atoms with E-state index in [9.17, 15) is 9.90 Å². The van der Waals surface area contributed by atoms with E-state index >= 15 is 0 Å². The van der Waals surface area contributed by atoms with Crippen LogP contribution in [-0.2, 0) is 11.2 Å². The van der Waals surface area contributed by atoms with Crippen molar-refractivity contribution in [3.63, 3.8) is 0 Å². The van der Waals surface area contributed by atoms with Gasteiger partial charge in [-0.25, -0.2) is 0 Å². The quantitative estimate of drug-likeness (QED) is 0.833. The van der Waals surface area contributed by atoms with Gasteiger partial charge in [0.1, 0.15) is 11.5 Å². The number of hydrogen-bond donors (Lipinski definition) is 2. The molecule has 0 bridgehead atoms. The van der Waals surface area contributed by atoms with Crippen molar-refractivity contribution in [1.82, 2.24) is 5.32 Å². The third-order valence-electron chi connectivity index (χ3n) is 4.73. The van der Waals surface area contributed by atoms with E-state index in [1.807, 2.05) is 24.3 Å². The minimum atomic E-state index is -0.0278. The Balaban J connectivity index is 1.47. The van der Waals surface area contributed by atoms with Crippen LogP contribution in [0.25, 0.3) is 0 Å². The van der Waals surface area contributed by atoms with E-state index in [0.717, 1.165) is 29.7 Å². The molecule has 0 saturated carbocycles. The molecule has 1 amide bonds. The second-order valence-electron chi connectivity index (χ2n) is 6.83. The molecule has 1 aliphatic carbocycles. The summed E-state index contributed by atoms with van der Waals surface area (Å²) < 4.78 is 5.66. The fourth-order valence-corrected chi connectivity index (χ4v) is 3.26. The Labute approximate surface area is 148 Å². The number of phenolic OH excluding ortho intramolecular Hbond substituents is 1. The molecule has 0 aliphatic heterocycles. The second kappa shape index (κ2) is 7.60. The number of amides is 1. The monoisotopic (exact) mass is 339 g/mol. The average molecular weight is 339 g/mol. The minimum absolute atomic E-state index is 0.0140. The van der Waals surface area contributed by atoms with Gasteiger partial charge >= 0.3 is 0 Å². The van der Waals surface area contributed by atoms with Crippen molar-refractivity contribution < 1.29 is 14.6 Å². The largest absolute Gasteiger partial charge is 0.508 e. The molecule has 0 radical (unpaired) electrons. The molecule has 0 heterocycles. The highest BCUT2D eigenvalue weighted by Gasteiger charge is 2.25. The minimum Gasteiger partial charge on any atom is -0.508 e. The van der Waals surface area contributed by atoms with Crippen LogP contribution in [0.4, 0.5) is 0 Å². The summed E-state index contributed by atoms with van der Waals surface area (Å²) in [5.41, 5.74) is 3.25. The van der Waals surface area contributed by atoms with Gasteiger partial charge in [0.2, 0.25) is 5.91 Å². The van der Waals surface area contributed by atoms with Gasteiger partial charge in [-0.1, -0.05) is 38.1 Å². The van der Waals surface area contributed by atoms with Crippen LogP contribution in [-0.4, -0.2) is 17.6 Å². The van der Waals surface area contributed by atoms with Gasteiger partial charge in [-0.3, -0.25) is 4.79 Å². The number of carbonyl (C=O) groups excluding carboxylic acids is 1. The van der Waals surface area contributed by atoms with Crippen LogP contribution in [0.1, 0.15) is 55.3 Å². The Morgan fingerprint density at radius 3 is 2.72 bits per heavy atom. The van der Waals surface area contributed by atoms with Gasteiger partial charge in [0, 0.05) is 0 Å². The highest BCUT2D eigenvalue weighted by atomic mass is 16.5. The lowest BCUT2D eigenvalue weighted by atomic mass is 10.0. The van der Waals surface area contributed by atoms with Crippen LogP contribution in [0, 0.1) is 0 Å². The topological polar surface area (TPSA) is 58.6 Å². The van der Waals surface area contributed by atoms with E-state index in [1.165, 1.54) is 5.56 Å². The Hall–Kier alpha value is -2.49. The Morgan fingerprint density at radius 1 is 1.24 bits per heavy atom. The molecular weight excluding hydrogens is 314 g/mol. The highest BCUT2D eigenvalue weighted by Crippen LogP contribution is 2.36. The van der Waals surface area contributed by atoms with Crippen molar-refractivity contribution in [3.05, 3.63) is 59.2 Å². The van der Waals surface area contributed by atoms with Gasteiger partial charge in [-0.15, -0.1) is 0 Å². The average Bonchev–Trinajstić information content (AvgIpc) is 3.00. The zero-order chi connectivity index (χ0) is 17.8. The third-order valence-corrected chi connectivity index (χ3v) is 4.73. The summed E-state index contributed by atoms with van der Waals surface area (Å²) in [5, 5.41) is 12.9. The van der Waals surface area contributed by atoms with Crippen LogP contribution < -0.4 is 10.1 Å². The maximum Gasteiger partial charge on any atom is 0.223 e. The number of phenols is 1. The smallest absolute Gasteiger partial charge is 0.223 e. The zero-order valence-electron chi connectivity index (χ0n) is 14.8. The maximum atomic E-state index is 12.2. The lowest BCUT2D eigenvalue weighted by molar-refractivity contribution is -0.122. The van der Waals surface area contributed by atoms with Gasteiger partial charge in [0.05, 0.1) is 19.1 Å². The summed E-state index contributed by atoms with van der Waals surface area (Å²) >= 11 is 0. The number of rotatable bonds is 6. The Bertz CT molecular complexity index is 737. The van der Waals surface area contributed by atoms with E-state index in [4.69, 9.17) is 4.74 Å². The predicted molar refractivity (Wildman–Crippen MR) is 98.0 cm³/mol. The molecule has 2 N–H and O–H groups in total. The van der Waals surface area contributed by atoms with Crippen LogP contribution in [0.2, 0.25) is 0 Å². The third kappa shape index (κ3) is 4.13. The predicted octanol–water partition coefficient (Wildman–Crippen LogP) is 4.09. The Kier molecular flexibility index (Phi) is 5.27. The first-order valence-electron chi connectivity index (χ1n) is 8.87. The number of benzene rings is 2. The highest BCUT2D eigenvalue weighted by molar-refractivity contribution is 5.76. The molecule has 0 saturated heterocycles. The number of aromatic hydroxyl groups is 1. The molecule has 1 atom stereocenters. The molecule has 1 aliphatic rings. The van der Waals surface area contributed by atoms with Gasteiger partial charge in [-0.2, -0.15) is 0 Å². The fraction of sp³-hybridized carbons (Fsp3) is 0.381. The molecular formula is C21H25NO3. The molecule has 4 heteroatoms. The molecule has 1 unspecified atom stereocenters. The number of fused-ring (bicyclic) bond motifs is 1. The van der Waals surface area contributed by atoms with Crippen molar-refractivity contribution in [3.8, 4) is 11.5 Å². The summed E-state index contributed by atoms with van der Waals surface area (Å²) in [4.78, 5) is 12.2. The number of nitrogens with one attached hydrogen (secondary N) is 1. The molecule has 132 valence electrons. The fourth-order valence-electron chi connectivity index (χ4n) is 3.26. The van der Waals surface area contributed by atoms with Gasteiger partial charge in [0.15, 0.2) is 0 Å². The van der Waals surface area contributed by atoms with Gasteiger partial charge < -0.3 is 15.2 Å². The molecule has 0 fully saturated rings. The molecule has 0 aromatic heterocycles. The Morgan fingerprint density at radius 2 is 2.00 bits per heavy atom. The maximum absolute atomic E-state index is 12.2. The summed E-state index contributed by atoms with van der Waals surface area (Å²) in [5.74, 6) is 1.57. The lowest BCUT2D eigenvalue weighted by Crippen LogP contribution is -2.28. The molecule has 2 aromatic rings. The van der Waals surface area contributed by atoms with Crippen LogP contribution >= 0.6 is 0 Å². The molecule has 4 nitrogen and oxygen atoms in total. The van der Waals surface area contributed by atoms with E-state index < -0.39 is 0 Å². The van der Waals surface area contributed by atoms with Crippen molar-refractivity contribution in [2.45, 2.75) is 45.1 Å². The van der Waals surface area contributed by atoms with Crippen LogP contribution in [0.5, 0.6) is 11.5 Å². The van der Waals surface area contributed by atoms with E-state index in [0.29, 0.717) is 24.7 Å². The number of carbonyl (C=O) groups is 1. The molecule has 25 heavy (non-hydrogen) atoms.